The van der Waals surface area contributed by atoms with Gasteiger partial charge >= 0.3 is 0 Å². The zero-order valence-electron chi connectivity index (χ0n) is 12.6. The molecule has 110 valence electrons. The minimum atomic E-state index is 0.367. The fraction of sp³-hybridized carbons (Fsp3) is 0.375. The van der Waals surface area contributed by atoms with Gasteiger partial charge in [-0.25, -0.2) is 4.98 Å². The molecule has 0 fully saturated rings. The Morgan fingerprint density at radius 2 is 2.19 bits per heavy atom. The van der Waals surface area contributed by atoms with Crippen LogP contribution in [0.25, 0.3) is 10.2 Å². The van der Waals surface area contributed by atoms with E-state index >= 15 is 0 Å². The van der Waals surface area contributed by atoms with Gasteiger partial charge < -0.3 is 5.32 Å². The fourth-order valence-corrected chi connectivity index (χ4v) is 3.36. The molecular weight excluding hydrogens is 280 g/mol. The minimum Gasteiger partial charge on any atom is -0.308 e. The summed E-state index contributed by atoms with van der Waals surface area (Å²) in [7, 11) is 0. The van der Waals surface area contributed by atoms with Crippen molar-refractivity contribution in [2.24, 2.45) is 0 Å². The summed E-state index contributed by atoms with van der Waals surface area (Å²) in [6, 6.07) is 8.79. The molecule has 2 heterocycles. The number of thiazole rings is 1. The molecule has 5 heteroatoms. The van der Waals surface area contributed by atoms with Crippen LogP contribution in [0.15, 0.2) is 29.8 Å². The highest BCUT2D eigenvalue weighted by Gasteiger charge is 2.08. The summed E-state index contributed by atoms with van der Waals surface area (Å²) in [5, 5.41) is 8.10. The van der Waals surface area contributed by atoms with Crippen molar-refractivity contribution in [1.29, 1.82) is 0 Å². The molecule has 0 bridgehead atoms. The first-order chi connectivity index (χ1) is 10.1. The molecule has 2 aromatic heterocycles. The van der Waals surface area contributed by atoms with Crippen LogP contribution in [0.4, 0.5) is 0 Å². The molecule has 0 aliphatic rings. The lowest BCUT2D eigenvalue weighted by Crippen LogP contribution is -2.30. The first-order valence-corrected chi connectivity index (χ1v) is 8.07. The lowest BCUT2D eigenvalue weighted by molar-refractivity contribution is 0.444. The van der Waals surface area contributed by atoms with Crippen molar-refractivity contribution in [3.8, 4) is 0 Å². The molecule has 4 nitrogen and oxygen atoms in total. The zero-order valence-corrected chi connectivity index (χ0v) is 13.4. The molecule has 0 saturated carbocycles. The molecule has 1 N–H and O–H groups in total. The van der Waals surface area contributed by atoms with E-state index < -0.39 is 0 Å². The highest BCUT2D eigenvalue weighted by atomic mass is 32.1. The number of benzene rings is 1. The van der Waals surface area contributed by atoms with Crippen LogP contribution in [0.2, 0.25) is 0 Å². The summed E-state index contributed by atoms with van der Waals surface area (Å²) in [5.74, 6) is 0. The topological polar surface area (TPSA) is 42.7 Å². The largest absolute Gasteiger partial charge is 0.308 e. The minimum absolute atomic E-state index is 0.367. The summed E-state index contributed by atoms with van der Waals surface area (Å²) >= 11 is 1.71. The first-order valence-electron chi connectivity index (χ1n) is 7.19. The molecule has 0 spiro atoms. The van der Waals surface area contributed by atoms with E-state index in [1.54, 1.807) is 11.3 Å². The number of nitrogens with zero attached hydrogens (tertiary/aromatic N) is 3. The second-order valence-corrected chi connectivity index (χ2v) is 6.36. The van der Waals surface area contributed by atoms with Gasteiger partial charge in [-0.1, -0.05) is 12.1 Å². The maximum absolute atomic E-state index is 4.52. The average molecular weight is 300 g/mol. The van der Waals surface area contributed by atoms with Crippen LogP contribution in [0.1, 0.15) is 23.9 Å². The van der Waals surface area contributed by atoms with Gasteiger partial charge in [0.1, 0.15) is 0 Å². The Kier molecular flexibility index (Phi) is 4.03. The third-order valence-corrected chi connectivity index (χ3v) is 4.55. The van der Waals surface area contributed by atoms with Crippen LogP contribution in [0, 0.1) is 13.8 Å². The van der Waals surface area contributed by atoms with Gasteiger partial charge in [0, 0.05) is 18.3 Å². The van der Waals surface area contributed by atoms with Crippen molar-refractivity contribution in [3.63, 3.8) is 0 Å². The molecule has 0 aliphatic heterocycles. The van der Waals surface area contributed by atoms with E-state index in [9.17, 15) is 0 Å². The van der Waals surface area contributed by atoms with Crippen LogP contribution in [-0.2, 0) is 13.1 Å². The van der Waals surface area contributed by atoms with Gasteiger partial charge in [0.05, 0.1) is 28.0 Å². The van der Waals surface area contributed by atoms with Crippen molar-refractivity contribution in [2.75, 3.05) is 0 Å². The Balaban J connectivity index is 1.64. The van der Waals surface area contributed by atoms with Crippen LogP contribution < -0.4 is 5.32 Å². The lowest BCUT2D eigenvalue weighted by atomic mass is 10.2. The molecule has 0 saturated heterocycles. The van der Waals surface area contributed by atoms with Crippen LogP contribution in [0.5, 0.6) is 0 Å². The summed E-state index contributed by atoms with van der Waals surface area (Å²) < 4.78 is 3.35. The van der Waals surface area contributed by atoms with E-state index in [1.165, 1.54) is 16.0 Å². The second-order valence-electron chi connectivity index (χ2n) is 5.51. The van der Waals surface area contributed by atoms with Gasteiger partial charge in [0.25, 0.3) is 0 Å². The molecule has 1 aromatic carbocycles. The van der Waals surface area contributed by atoms with E-state index in [0.717, 1.165) is 24.3 Å². The van der Waals surface area contributed by atoms with Gasteiger partial charge in [0.2, 0.25) is 0 Å². The third kappa shape index (κ3) is 3.14. The quantitative estimate of drug-likeness (QED) is 0.786. The summed E-state index contributed by atoms with van der Waals surface area (Å²) in [5.41, 5.74) is 6.61. The van der Waals surface area contributed by atoms with Crippen molar-refractivity contribution < 1.29 is 0 Å². The number of hydrogen-bond donors (Lipinski definition) is 1. The number of fused-ring (bicyclic) bond motifs is 1. The predicted molar refractivity (Wildman–Crippen MR) is 87.6 cm³/mol. The van der Waals surface area contributed by atoms with Gasteiger partial charge in [-0.05, 0) is 38.5 Å². The van der Waals surface area contributed by atoms with Crippen LogP contribution in [-0.4, -0.2) is 20.8 Å². The molecule has 3 rings (SSSR count). The number of aryl methyl sites for hydroxylation is 2. The van der Waals surface area contributed by atoms with Gasteiger partial charge in [-0.2, -0.15) is 5.10 Å². The number of nitrogens with one attached hydrogen (secondary N) is 1. The molecule has 1 atom stereocenters. The van der Waals surface area contributed by atoms with Crippen LogP contribution in [0.3, 0.4) is 0 Å². The van der Waals surface area contributed by atoms with Gasteiger partial charge in [-0.3, -0.25) is 4.68 Å². The highest BCUT2D eigenvalue weighted by Crippen LogP contribution is 2.22. The zero-order chi connectivity index (χ0) is 14.8. The van der Waals surface area contributed by atoms with Crippen molar-refractivity contribution in [3.05, 3.63) is 46.7 Å². The standard InChI is InChI=1S/C16H20N4S/c1-11-7-13(3)20(19-11)9-12(2)17-8-14-5-4-6-15-16(14)21-10-18-15/h4-7,10,12,17H,8-9H2,1-3H3. The Bertz CT molecular complexity index is 744. The average Bonchev–Trinajstić information content (AvgIpc) is 3.03. The smallest absolute Gasteiger partial charge is 0.0815 e. The summed E-state index contributed by atoms with van der Waals surface area (Å²) in [4.78, 5) is 4.37. The Morgan fingerprint density at radius 1 is 1.33 bits per heavy atom. The number of hydrogen-bond acceptors (Lipinski definition) is 4. The Morgan fingerprint density at radius 3 is 2.95 bits per heavy atom. The highest BCUT2D eigenvalue weighted by molar-refractivity contribution is 7.16. The SMILES string of the molecule is Cc1cc(C)n(CC(C)NCc2cccc3ncsc23)n1. The van der Waals surface area contributed by atoms with Gasteiger partial charge in [0.15, 0.2) is 0 Å². The maximum atomic E-state index is 4.52. The van der Waals surface area contributed by atoms with Crippen molar-refractivity contribution >= 4 is 21.6 Å². The van der Waals surface area contributed by atoms with Crippen molar-refractivity contribution in [1.82, 2.24) is 20.1 Å². The Hall–Kier alpha value is -1.72. The fourth-order valence-electron chi connectivity index (χ4n) is 2.55. The number of aromatic nitrogens is 3. The molecular formula is C16H20N4S. The second kappa shape index (κ2) is 5.95. The lowest BCUT2D eigenvalue weighted by Gasteiger charge is -2.15. The van der Waals surface area contributed by atoms with Gasteiger partial charge in [-0.15, -0.1) is 11.3 Å². The van der Waals surface area contributed by atoms with E-state index in [1.807, 2.05) is 12.4 Å². The number of rotatable bonds is 5. The van der Waals surface area contributed by atoms with Crippen molar-refractivity contribution in [2.45, 2.75) is 39.9 Å². The molecule has 0 aliphatic carbocycles. The monoisotopic (exact) mass is 300 g/mol. The molecule has 1 unspecified atom stereocenters. The Labute approximate surface area is 128 Å². The molecule has 21 heavy (non-hydrogen) atoms. The van der Waals surface area contributed by atoms with E-state index in [2.05, 4.69) is 58.2 Å². The summed E-state index contributed by atoms with van der Waals surface area (Å²) in [6.45, 7) is 8.08. The molecule has 3 aromatic rings. The molecule has 0 radical (unpaired) electrons. The predicted octanol–water partition coefficient (Wildman–Crippen LogP) is 3.29. The van der Waals surface area contributed by atoms with E-state index in [4.69, 9.17) is 0 Å². The van der Waals surface area contributed by atoms with E-state index in [-0.39, 0.29) is 0 Å². The van der Waals surface area contributed by atoms with E-state index in [0.29, 0.717) is 6.04 Å². The molecule has 0 amide bonds. The third-order valence-electron chi connectivity index (χ3n) is 3.63. The first kappa shape index (κ1) is 14.2. The normalized spacial score (nSPS) is 12.9. The van der Waals surface area contributed by atoms with Crippen LogP contribution >= 0.6 is 11.3 Å². The summed E-state index contributed by atoms with van der Waals surface area (Å²) in [6.07, 6.45) is 0. The maximum Gasteiger partial charge on any atom is 0.0815 e.